The Bertz CT molecular complexity index is 1240. The summed E-state index contributed by atoms with van der Waals surface area (Å²) in [4.78, 5) is 23.9. The molecule has 3 aromatic heterocycles. The first-order valence-corrected chi connectivity index (χ1v) is 7.96. The molecule has 1 aromatic carbocycles. The Labute approximate surface area is 153 Å². The summed E-state index contributed by atoms with van der Waals surface area (Å²) < 4.78 is 0.416. The number of pyridine rings is 2. The molecule has 3 heterocycles. The molecule has 27 heavy (non-hydrogen) atoms. The molecule has 8 nitrogen and oxygen atoms in total. The highest BCUT2D eigenvalue weighted by Gasteiger charge is 2.11. The molecule has 0 aliphatic rings. The predicted molar refractivity (Wildman–Crippen MR) is 98.7 cm³/mol. The number of hydrogen-bond acceptors (Lipinski definition) is 7. The van der Waals surface area contributed by atoms with E-state index in [-0.39, 0.29) is 5.65 Å². The topological polar surface area (TPSA) is 117 Å². The molecule has 0 atom stereocenters. The number of aromatic nitrogens is 4. The molecule has 0 aliphatic heterocycles. The van der Waals surface area contributed by atoms with Crippen LogP contribution in [-0.4, -0.2) is 24.9 Å². The van der Waals surface area contributed by atoms with Crippen LogP contribution in [0.4, 0.5) is 11.5 Å². The Hall–Kier alpha value is -4.25. The number of nitrogens with one attached hydrogen (secondary N) is 1. The maximum absolute atomic E-state index is 11.9. The normalized spacial score (nSPS) is 10.5. The molecule has 0 bridgehead atoms. The van der Waals surface area contributed by atoms with Crippen LogP contribution in [0.1, 0.15) is 5.69 Å². The zero-order valence-electron chi connectivity index (χ0n) is 13.9. The molecule has 0 aliphatic carbocycles. The van der Waals surface area contributed by atoms with Gasteiger partial charge in [-0.1, -0.05) is 12.1 Å². The quantitative estimate of drug-likeness (QED) is 0.542. The van der Waals surface area contributed by atoms with Crippen LogP contribution in [0.15, 0.2) is 65.7 Å². The van der Waals surface area contributed by atoms with E-state index in [9.17, 15) is 10.0 Å². The maximum Gasteiger partial charge on any atom is 0.384 e. The number of nitriles is 1. The molecule has 0 spiro atoms. The summed E-state index contributed by atoms with van der Waals surface area (Å²) in [6, 6.07) is 16.3. The number of fused-ring (bicyclic) bond motifs is 1. The standard InChI is InChI=1S/C19H12N6O2/c20-10-15-7-6-13(11-22-15)12-3-1-4-14(9-12)23-17-16-5-2-8-21-18(16)25(27)19(26)24-17/h1-9,11,27H,(H,23,24,26). The van der Waals surface area contributed by atoms with Crippen molar-refractivity contribution < 1.29 is 5.21 Å². The molecule has 0 saturated heterocycles. The van der Waals surface area contributed by atoms with Crippen LogP contribution in [0.5, 0.6) is 0 Å². The fraction of sp³-hybridized carbons (Fsp3) is 0. The molecule has 0 amide bonds. The molecule has 2 N–H and O–H groups in total. The van der Waals surface area contributed by atoms with Crippen molar-refractivity contribution in [1.82, 2.24) is 19.7 Å². The molecule has 130 valence electrons. The number of hydrogen-bond donors (Lipinski definition) is 2. The molecule has 0 fully saturated rings. The molecule has 4 aromatic rings. The van der Waals surface area contributed by atoms with Crippen molar-refractivity contribution in [2.75, 3.05) is 5.32 Å². The summed E-state index contributed by atoms with van der Waals surface area (Å²) in [5.74, 6) is 0.295. The lowest BCUT2D eigenvalue weighted by molar-refractivity contribution is 0.182. The Morgan fingerprint density at radius 3 is 2.74 bits per heavy atom. The van der Waals surface area contributed by atoms with E-state index in [1.807, 2.05) is 36.4 Å². The third-order valence-corrected chi connectivity index (χ3v) is 3.97. The van der Waals surface area contributed by atoms with Gasteiger partial charge in [0.15, 0.2) is 5.65 Å². The highest BCUT2D eigenvalue weighted by molar-refractivity contribution is 5.88. The summed E-state index contributed by atoms with van der Waals surface area (Å²) in [5, 5.41) is 22.3. The zero-order chi connectivity index (χ0) is 18.8. The highest BCUT2D eigenvalue weighted by atomic mass is 16.5. The van der Waals surface area contributed by atoms with Gasteiger partial charge in [0, 0.05) is 23.6 Å². The monoisotopic (exact) mass is 356 g/mol. The van der Waals surface area contributed by atoms with Gasteiger partial charge in [0.25, 0.3) is 0 Å². The lowest BCUT2D eigenvalue weighted by Crippen LogP contribution is -2.23. The minimum absolute atomic E-state index is 0.118. The van der Waals surface area contributed by atoms with Gasteiger partial charge in [-0.25, -0.2) is 14.8 Å². The maximum atomic E-state index is 11.9. The van der Waals surface area contributed by atoms with Gasteiger partial charge in [-0.15, -0.1) is 4.73 Å². The van der Waals surface area contributed by atoms with Crippen LogP contribution in [0.2, 0.25) is 0 Å². The molecule has 8 heteroatoms. The van der Waals surface area contributed by atoms with Crippen molar-refractivity contribution in [3.05, 3.63) is 77.1 Å². The van der Waals surface area contributed by atoms with Crippen molar-refractivity contribution in [1.29, 1.82) is 5.26 Å². The van der Waals surface area contributed by atoms with E-state index < -0.39 is 5.69 Å². The Balaban J connectivity index is 1.74. The third-order valence-electron chi connectivity index (χ3n) is 3.97. The van der Waals surface area contributed by atoms with Gasteiger partial charge in [-0.3, -0.25) is 0 Å². The number of anilines is 2. The number of rotatable bonds is 3. The molecule has 0 unspecified atom stereocenters. The summed E-state index contributed by atoms with van der Waals surface area (Å²) in [6.07, 6.45) is 3.11. The first-order chi connectivity index (χ1) is 13.2. The number of nitrogens with zero attached hydrogens (tertiary/aromatic N) is 5. The molecule has 4 rings (SSSR count). The average molecular weight is 356 g/mol. The van der Waals surface area contributed by atoms with Crippen LogP contribution in [0.25, 0.3) is 22.2 Å². The van der Waals surface area contributed by atoms with Crippen molar-refractivity contribution in [3.8, 4) is 17.2 Å². The van der Waals surface area contributed by atoms with E-state index in [2.05, 4.69) is 20.3 Å². The Kier molecular flexibility index (Phi) is 3.95. The highest BCUT2D eigenvalue weighted by Crippen LogP contribution is 2.26. The summed E-state index contributed by atoms with van der Waals surface area (Å²) in [6.45, 7) is 0. The Morgan fingerprint density at radius 2 is 1.96 bits per heavy atom. The van der Waals surface area contributed by atoms with Gasteiger partial charge in [-0.05, 0) is 42.0 Å². The van der Waals surface area contributed by atoms with Crippen LogP contribution < -0.4 is 11.0 Å². The minimum Gasteiger partial charge on any atom is -0.422 e. The van der Waals surface area contributed by atoms with Gasteiger partial charge in [0.2, 0.25) is 0 Å². The van der Waals surface area contributed by atoms with E-state index >= 15 is 0 Å². The first kappa shape index (κ1) is 16.2. The van der Waals surface area contributed by atoms with E-state index in [4.69, 9.17) is 5.26 Å². The van der Waals surface area contributed by atoms with Crippen molar-refractivity contribution in [3.63, 3.8) is 0 Å². The van der Waals surface area contributed by atoms with E-state index in [1.54, 1.807) is 24.4 Å². The summed E-state index contributed by atoms with van der Waals surface area (Å²) >= 11 is 0. The minimum atomic E-state index is -0.823. The third kappa shape index (κ3) is 3.05. The van der Waals surface area contributed by atoms with Crippen LogP contribution in [-0.2, 0) is 0 Å². The van der Waals surface area contributed by atoms with Crippen LogP contribution >= 0.6 is 0 Å². The van der Waals surface area contributed by atoms with Crippen molar-refractivity contribution in [2.24, 2.45) is 0 Å². The van der Waals surface area contributed by atoms with Crippen molar-refractivity contribution in [2.45, 2.75) is 0 Å². The molecule has 0 saturated carbocycles. The Morgan fingerprint density at radius 1 is 1.07 bits per heavy atom. The van der Waals surface area contributed by atoms with Gasteiger partial charge >= 0.3 is 5.69 Å². The molecule has 0 radical (unpaired) electrons. The van der Waals surface area contributed by atoms with Crippen molar-refractivity contribution >= 4 is 22.5 Å². The largest absolute Gasteiger partial charge is 0.422 e. The fourth-order valence-electron chi connectivity index (χ4n) is 2.68. The van der Waals surface area contributed by atoms with Crippen LogP contribution in [0.3, 0.4) is 0 Å². The zero-order valence-corrected chi connectivity index (χ0v) is 13.9. The van der Waals surface area contributed by atoms with Gasteiger partial charge in [0.1, 0.15) is 17.6 Å². The van der Waals surface area contributed by atoms with Crippen LogP contribution in [0, 0.1) is 11.3 Å². The lowest BCUT2D eigenvalue weighted by atomic mass is 10.1. The lowest BCUT2D eigenvalue weighted by Gasteiger charge is -2.10. The molecular formula is C19H12N6O2. The van der Waals surface area contributed by atoms with E-state index in [0.29, 0.717) is 27.3 Å². The second kappa shape index (κ2) is 6.57. The van der Waals surface area contributed by atoms with E-state index in [1.165, 1.54) is 6.20 Å². The van der Waals surface area contributed by atoms with Gasteiger partial charge < -0.3 is 10.5 Å². The van der Waals surface area contributed by atoms with E-state index in [0.717, 1.165) is 11.1 Å². The number of benzene rings is 1. The second-order valence-corrected chi connectivity index (χ2v) is 5.68. The molecular weight excluding hydrogens is 344 g/mol. The first-order valence-electron chi connectivity index (χ1n) is 7.96. The summed E-state index contributed by atoms with van der Waals surface area (Å²) in [7, 11) is 0. The smallest absolute Gasteiger partial charge is 0.384 e. The fourth-order valence-corrected chi connectivity index (χ4v) is 2.68. The van der Waals surface area contributed by atoms with Gasteiger partial charge in [0.05, 0.1) is 5.39 Å². The second-order valence-electron chi connectivity index (χ2n) is 5.68. The predicted octanol–water partition coefficient (Wildman–Crippen LogP) is 2.71. The SMILES string of the molecule is N#Cc1ccc(-c2cccc(Nc3nc(=O)n(O)c4ncccc34)c2)cn1. The average Bonchev–Trinajstić information content (AvgIpc) is 2.72. The summed E-state index contributed by atoms with van der Waals surface area (Å²) in [5.41, 5.74) is 2.08. The van der Waals surface area contributed by atoms with Gasteiger partial charge in [-0.2, -0.15) is 10.2 Å².